The van der Waals surface area contributed by atoms with Crippen molar-refractivity contribution in [2.45, 2.75) is 38.6 Å². The number of aryl methyl sites for hydroxylation is 1. The number of carboxylic acids is 1. The van der Waals surface area contributed by atoms with Gasteiger partial charge in [0.1, 0.15) is 17.0 Å². The number of carboxylic acid groups (broad SMARTS) is 1. The van der Waals surface area contributed by atoms with Gasteiger partial charge in [-0.25, -0.2) is 4.39 Å². The van der Waals surface area contributed by atoms with Gasteiger partial charge in [-0.3, -0.25) is 14.6 Å². The van der Waals surface area contributed by atoms with Crippen molar-refractivity contribution in [2.24, 2.45) is 5.92 Å². The van der Waals surface area contributed by atoms with Gasteiger partial charge in [0.15, 0.2) is 5.82 Å². The molecule has 2 aromatic rings. The molecule has 132 valence electrons. The van der Waals surface area contributed by atoms with Crippen molar-refractivity contribution < 1.29 is 23.6 Å². The van der Waals surface area contributed by atoms with Crippen LogP contribution in [0.2, 0.25) is 0 Å². The summed E-state index contributed by atoms with van der Waals surface area (Å²) in [6.07, 6.45) is 4.88. The highest BCUT2D eigenvalue weighted by Gasteiger charge is 2.30. The predicted octanol–water partition coefficient (Wildman–Crippen LogP) is 2.56. The van der Waals surface area contributed by atoms with Gasteiger partial charge in [-0.1, -0.05) is 11.6 Å². The summed E-state index contributed by atoms with van der Waals surface area (Å²) in [5, 5.41) is 15.8. The molecule has 1 aliphatic rings. The van der Waals surface area contributed by atoms with Gasteiger partial charge in [0.25, 0.3) is 5.91 Å². The summed E-state index contributed by atoms with van der Waals surface area (Å²) >= 11 is 0. The van der Waals surface area contributed by atoms with Gasteiger partial charge >= 0.3 is 5.97 Å². The first-order valence-electron chi connectivity index (χ1n) is 8.07. The molecule has 1 amide bonds. The Labute approximate surface area is 143 Å². The number of hydrogen-bond acceptors (Lipinski definition) is 5. The van der Waals surface area contributed by atoms with Crippen LogP contribution in [0.5, 0.6) is 0 Å². The maximum absolute atomic E-state index is 14.0. The molecule has 0 radical (unpaired) electrons. The highest BCUT2D eigenvalue weighted by atomic mass is 19.1. The summed E-state index contributed by atoms with van der Waals surface area (Å²) in [6, 6.07) is 1.18. The molecule has 0 aromatic carbocycles. The summed E-state index contributed by atoms with van der Waals surface area (Å²) in [5.41, 5.74) is 0.395. The third-order valence-electron chi connectivity index (χ3n) is 4.48. The van der Waals surface area contributed by atoms with Crippen LogP contribution in [0.15, 0.2) is 23.0 Å². The Morgan fingerprint density at radius 2 is 2.20 bits per heavy atom. The summed E-state index contributed by atoms with van der Waals surface area (Å²) in [6.45, 7) is 1.57. The van der Waals surface area contributed by atoms with E-state index in [2.05, 4.69) is 15.5 Å². The average Bonchev–Trinajstić information content (AvgIpc) is 2.97. The Hall–Kier alpha value is -2.77. The Morgan fingerprint density at radius 3 is 2.92 bits per heavy atom. The molecule has 1 fully saturated rings. The number of nitrogens with zero attached hydrogens (tertiary/aromatic N) is 2. The van der Waals surface area contributed by atoms with Gasteiger partial charge in [0.05, 0.1) is 12.1 Å². The Kier molecular flexibility index (Phi) is 4.78. The lowest BCUT2D eigenvalue weighted by atomic mass is 9.85. The normalized spacial score (nSPS) is 20.2. The van der Waals surface area contributed by atoms with Crippen LogP contribution in [0.1, 0.15) is 41.8 Å². The molecule has 1 saturated carbocycles. The smallest absolute Gasteiger partial charge is 0.306 e. The van der Waals surface area contributed by atoms with E-state index in [1.165, 1.54) is 12.3 Å². The van der Waals surface area contributed by atoms with Crippen molar-refractivity contribution in [1.29, 1.82) is 0 Å². The Bertz CT molecular complexity index is 805. The van der Waals surface area contributed by atoms with Gasteiger partial charge in [-0.05, 0) is 32.3 Å². The number of halogens is 1. The van der Waals surface area contributed by atoms with E-state index in [0.717, 1.165) is 12.6 Å². The average molecular weight is 347 g/mol. The molecule has 0 bridgehead atoms. The first kappa shape index (κ1) is 17.1. The highest BCUT2D eigenvalue weighted by Crippen LogP contribution is 2.28. The second kappa shape index (κ2) is 7.00. The number of hydrogen-bond donors (Lipinski definition) is 2. The number of aromatic nitrogens is 2. The van der Waals surface area contributed by atoms with E-state index in [9.17, 15) is 14.0 Å². The fourth-order valence-electron chi connectivity index (χ4n) is 3.19. The molecular formula is C17H18FN3O4. The first-order valence-corrected chi connectivity index (χ1v) is 8.07. The third-order valence-corrected chi connectivity index (χ3v) is 4.48. The van der Waals surface area contributed by atoms with Gasteiger partial charge in [0, 0.05) is 17.8 Å². The quantitative estimate of drug-likeness (QED) is 0.880. The molecule has 2 N–H and O–H groups in total. The maximum Gasteiger partial charge on any atom is 0.306 e. The summed E-state index contributed by atoms with van der Waals surface area (Å²) in [4.78, 5) is 27.5. The highest BCUT2D eigenvalue weighted by molar-refractivity contribution is 6.01. The van der Waals surface area contributed by atoms with E-state index in [4.69, 9.17) is 9.63 Å². The van der Waals surface area contributed by atoms with Crippen molar-refractivity contribution in [3.8, 4) is 11.3 Å². The van der Waals surface area contributed by atoms with Crippen molar-refractivity contribution in [3.05, 3.63) is 35.6 Å². The molecule has 0 aliphatic heterocycles. The van der Waals surface area contributed by atoms with Crippen molar-refractivity contribution in [3.63, 3.8) is 0 Å². The molecule has 3 rings (SSSR count). The van der Waals surface area contributed by atoms with Crippen LogP contribution in [-0.2, 0) is 4.79 Å². The van der Waals surface area contributed by atoms with Crippen LogP contribution in [0.3, 0.4) is 0 Å². The van der Waals surface area contributed by atoms with Crippen LogP contribution >= 0.6 is 0 Å². The van der Waals surface area contributed by atoms with E-state index < -0.39 is 23.6 Å². The number of aliphatic carboxylic acids is 1. The number of rotatable bonds is 4. The summed E-state index contributed by atoms with van der Waals surface area (Å²) < 4.78 is 19.1. The van der Waals surface area contributed by atoms with Gasteiger partial charge in [-0.15, -0.1) is 0 Å². The number of pyridine rings is 1. The molecule has 2 heterocycles. The number of carbonyl (C=O) groups is 2. The molecule has 8 heteroatoms. The molecule has 2 aromatic heterocycles. The molecule has 0 saturated heterocycles. The molecule has 25 heavy (non-hydrogen) atoms. The van der Waals surface area contributed by atoms with E-state index in [0.29, 0.717) is 19.3 Å². The van der Waals surface area contributed by atoms with Gasteiger partial charge in [-0.2, -0.15) is 0 Å². The second-order valence-electron chi connectivity index (χ2n) is 6.19. The number of amides is 1. The topological polar surface area (TPSA) is 105 Å². The third kappa shape index (κ3) is 3.52. The van der Waals surface area contributed by atoms with Crippen LogP contribution in [0.25, 0.3) is 11.3 Å². The molecule has 2 unspecified atom stereocenters. The molecule has 1 aliphatic carbocycles. The van der Waals surface area contributed by atoms with E-state index in [-0.39, 0.29) is 28.6 Å². The van der Waals surface area contributed by atoms with Gasteiger partial charge < -0.3 is 14.9 Å². The summed E-state index contributed by atoms with van der Waals surface area (Å²) in [7, 11) is 0. The zero-order valence-corrected chi connectivity index (χ0v) is 13.7. The first-order chi connectivity index (χ1) is 12.0. The summed E-state index contributed by atoms with van der Waals surface area (Å²) in [5.74, 6) is -2.08. The molecule has 2 atom stereocenters. The largest absolute Gasteiger partial charge is 0.481 e. The minimum Gasteiger partial charge on any atom is -0.481 e. The van der Waals surface area contributed by atoms with E-state index in [1.54, 1.807) is 6.92 Å². The van der Waals surface area contributed by atoms with E-state index >= 15 is 0 Å². The molecular weight excluding hydrogens is 329 g/mol. The monoisotopic (exact) mass is 347 g/mol. The number of nitrogens with one attached hydrogen (secondary N) is 1. The van der Waals surface area contributed by atoms with Gasteiger partial charge in [0.2, 0.25) is 0 Å². The molecule has 7 nitrogen and oxygen atoms in total. The Morgan fingerprint density at radius 1 is 1.40 bits per heavy atom. The van der Waals surface area contributed by atoms with Crippen LogP contribution in [0.4, 0.5) is 4.39 Å². The fourth-order valence-corrected chi connectivity index (χ4v) is 3.19. The predicted molar refractivity (Wildman–Crippen MR) is 85.3 cm³/mol. The maximum atomic E-state index is 14.0. The lowest BCUT2D eigenvalue weighted by Gasteiger charge is -2.27. The van der Waals surface area contributed by atoms with Crippen LogP contribution in [-0.4, -0.2) is 33.2 Å². The van der Waals surface area contributed by atoms with Crippen molar-refractivity contribution >= 4 is 11.9 Å². The minimum absolute atomic E-state index is 0.112. The second-order valence-corrected chi connectivity index (χ2v) is 6.19. The number of carbonyl (C=O) groups excluding carboxylic acids is 1. The lowest BCUT2D eigenvalue weighted by Crippen LogP contribution is -2.40. The van der Waals surface area contributed by atoms with Crippen LogP contribution < -0.4 is 5.32 Å². The minimum atomic E-state index is -0.848. The zero-order chi connectivity index (χ0) is 18.0. The van der Waals surface area contributed by atoms with Crippen molar-refractivity contribution in [1.82, 2.24) is 15.5 Å². The standard InChI is InChI=1S/C17H18FN3O4/c1-9-14(15(21-25-9)12-5-6-19-8-13(12)18)16(22)20-11-4-2-3-10(7-11)17(23)24/h5-6,8,10-11H,2-4,7H2,1H3,(H,20,22)(H,23,24). The van der Waals surface area contributed by atoms with Crippen LogP contribution in [0, 0.1) is 18.7 Å². The van der Waals surface area contributed by atoms with Crippen molar-refractivity contribution in [2.75, 3.05) is 0 Å². The van der Waals surface area contributed by atoms with E-state index in [1.807, 2.05) is 0 Å². The lowest BCUT2D eigenvalue weighted by molar-refractivity contribution is -0.143. The fraction of sp³-hybridized carbons (Fsp3) is 0.412. The Balaban J connectivity index is 1.82. The molecule has 0 spiro atoms. The zero-order valence-electron chi connectivity index (χ0n) is 13.7. The SMILES string of the molecule is Cc1onc(-c2ccncc2F)c1C(=O)NC1CCCC(C(=O)O)C1.